The van der Waals surface area contributed by atoms with Gasteiger partial charge in [0.1, 0.15) is 6.54 Å². The van der Waals surface area contributed by atoms with Crippen molar-refractivity contribution in [2.45, 2.75) is 43.9 Å². The summed E-state index contributed by atoms with van der Waals surface area (Å²) in [5.74, 6) is -0.498. The van der Waals surface area contributed by atoms with Gasteiger partial charge in [-0.15, -0.1) is 0 Å². The predicted octanol–water partition coefficient (Wildman–Crippen LogP) is 4.28. The van der Waals surface area contributed by atoms with Crippen LogP contribution in [0.15, 0.2) is 58.5 Å². The van der Waals surface area contributed by atoms with E-state index in [1.54, 1.807) is 43.3 Å². The van der Waals surface area contributed by atoms with E-state index >= 15 is 0 Å². The first-order valence-electron chi connectivity index (χ1n) is 9.57. The number of hydrogen-bond donors (Lipinski definition) is 1. The number of rotatable bonds is 6. The zero-order valence-electron chi connectivity index (χ0n) is 16.3. The Morgan fingerprint density at radius 1 is 1.07 bits per heavy atom. The van der Waals surface area contributed by atoms with Crippen LogP contribution >= 0.6 is 11.6 Å². The Morgan fingerprint density at radius 3 is 2.45 bits per heavy atom. The number of sulfonamides is 1. The number of hydrogen-bond acceptors (Lipinski definition) is 4. The van der Waals surface area contributed by atoms with E-state index in [0.29, 0.717) is 16.3 Å². The van der Waals surface area contributed by atoms with Gasteiger partial charge < -0.3 is 0 Å². The lowest BCUT2D eigenvalue weighted by Crippen LogP contribution is -2.40. The van der Waals surface area contributed by atoms with Crippen molar-refractivity contribution >= 4 is 38.9 Å². The number of nitrogens with one attached hydrogen (secondary N) is 1. The van der Waals surface area contributed by atoms with Crippen LogP contribution in [0, 0.1) is 6.92 Å². The van der Waals surface area contributed by atoms with Crippen molar-refractivity contribution in [3.8, 4) is 0 Å². The maximum atomic E-state index is 13.3. The molecule has 1 aliphatic carbocycles. The number of amides is 1. The van der Waals surface area contributed by atoms with Gasteiger partial charge in [0, 0.05) is 10.7 Å². The molecule has 0 saturated heterocycles. The van der Waals surface area contributed by atoms with Crippen LogP contribution in [0.3, 0.4) is 0 Å². The van der Waals surface area contributed by atoms with Crippen LogP contribution in [0.1, 0.15) is 37.7 Å². The Morgan fingerprint density at radius 2 is 1.76 bits per heavy atom. The van der Waals surface area contributed by atoms with E-state index in [1.165, 1.54) is 18.6 Å². The van der Waals surface area contributed by atoms with Crippen molar-refractivity contribution in [1.29, 1.82) is 0 Å². The first kappa shape index (κ1) is 21.3. The third kappa shape index (κ3) is 5.16. The monoisotopic (exact) mass is 433 g/mol. The Labute approximate surface area is 176 Å². The molecular formula is C21H24ClN3O3S. The smallest absolute Gasteiger partial charge is 0.264 e. The molecule has 8 heteroatoms. The van der Waals surface area contributed by atoms with E-state index in [-0.39, 0.29) is 4.90 Å². The lowest BCUT2D eigenvalue weighted by atomic mass is 9.99. The second-order valence-electron chi connectivity index (χ2n) is 6.98. The lowest BCUT2D eigenvalue weighted by Gasteiger charge is -2.25. The van der Waals surface area contributed by atoms with E-state index in [9.17, 15) is 13.2 Å². The molecule has 1 saturated carbocycles. The molecule has 29 heavy (non-hydrogen) atoms. The average Bonchev–Trinajstić information content (AvgIpc) is 2.74. The summed E-state index contributed by atoms with van der Waals surface area (Å²) in [6.07, 6.45) is 5.01. The SMILES string of the molecule is Cc1c(Cl)cccc1N(CC(=O)NN=C1CCCCC1)S(=O)(=O)c1ccccc1. The minimum Gasteiger partial charge on any atom is -0.271 e. The Balaban J connectivity index is 1.91. The van der Waals surface area contributed by atoms with E-state index < -0.39 is 22.5 Å². The van der Waals surface area contributed by atoms with E-state index in [4.69, 9.17) is 11.6 Å². The quantitative estimate of drug-likeness (QED) is 0.690. The largest absolute Gasteiger partial charge is 0.271 e. The molecule has 0 unspecified atom stereocenters. The molecule has 0 bridgehead atoms. The Bertz CT molecular complexity index is 999. The molecule has 3 rings (SSSR count). The molecule has 6 nitrogen and oxygen atoms in total. The first-order chi connectivity index (χ1) is 13.9. The third-order valence-electron chi connectivity index (χ3n) is 4.90. The fraction of sp³-hybridized carbons (Fsp3) is 0.333. The second kappa shape index (κ2) is 9.41. The molecule has 1 fully saturated rings. The van der Waals surface area contributed by atoms with Crippen molar-refractivity contribution in [2.24, 2.45) is 5.10 Å². The minimum atomic E-state index is -3.97. The van der Waals surface area contributed by atoms with Crippen molar-refractivity contribution < 1.29 is 13.2 Å². The molecule has 0 aliphatic heterocycles. The normalized spacial score (nSPS) is 14.3. The molecule has 154 valence electrons. The van der Waals surface area contributed by atoms with Crippen LogP contribution in [0.2, 0.25) is 5.02 Å². The maximum Gasteiger partial charge on any atom is 0.264 e. The van der Waals surface area contributed by atoms with Crippen LogP contribution in [0.5, 0.6) is 0 Å². The molecule has 0 radical (unpaired) electrons. The van der Waals surface area contributed by atoms with E-state index in [1.807, 2.05) is 0 Å². The standard InChI is InChI=1S/C21H24ClN3O3S/c1-16-19(22)13-8-14-20(16)25(29(27,28)18-11-6-3-7-12-18)15-21(26)24-23-17-9-4-2-5-10-17/h3,6-8,11-14H,2,4-5,9-10,15H2,1H3,(H,24,26). The molecule has 0 atom stereocenters. The van der Waals surface area contributed by atoms with E-state index in [0.717, 1.165) is 35.7 Å². The predicted molar refractivity (Wildman–Crippen MR) is 116 cm³/mol. The third-order valence-corrected chi connectivity index (χ3v) is 7.08. The zero-order valence-corrected chi connectivity index (χ0v) is 17.8. The van der Waals surface area contributed by atoms with Gasteiger partial charge in [-0.3, -0.25) is 9.10 Å². The number of carbonyl (C=O) groups excluding carboxylic acids is 1. The molecule has 0 heterocycles. The first-order valence-corrected chi connectivity index (χ1v) is 11.4. The topological polar surface area (TPSA) is 78.8 Å². The van der Waals surface area contributed by atoms with Crippen LogP contribution < -0.4 is 9.73 Å². The summed E-state index contributed by atoms with van der Waals surface area (Å²) >= 11 is 6.21. The zero-order chi connectivity index (χ0) is 20.9. The van der Waals surface area contributed by atoms with Gasteiger partial charge in [0.05, 0.1) is 10.6 Å². The van der Waals surface area contributed by atoms with Gasteiger partial charge >= 0.3 is 0 Å². The molecule has 1 amide bonds. The van der Waals surface area contributed by atoms with Crippen LogP contribution in [-0.4, -0.2) is 26.6 Å². The highest BCUT2D eigenvalue weighted by Gasteiger charge is 2.28. The van der Waals surface area contributed by atoms with Gasteiger partial charge in [0.15, 0.2) is 0 Å². The summed E-state index contributed by atoms with van der Waals surface area (Å²) < 4.78 is 27.7. The number of anilines is 1. The number of halogens is 1. The van der Waals surface area contributed by atoms with Gasteiger partial charge in [-0.25, -0.2) is 13.8 Å². The summed E-state index contributed by atoms with van der Waals surface area (Å²) in [5, 5.41) is 4.62. The highest BCUT2D eigenvalue weighted by atomic mass is 35.5. The van der Waals surface area contributed by atoms with Crippen molar-refractivity contribution in [3.63, 3.8) is 0 Å². The van der Waals surface area contributed by atoms with E-state index in [2.05, 4.69) is 10.5 Å². The Kier molecular flexibility index (Phi) is 6.92. The molecule has 1 aliphatic rings. The van der Waals surface area contributed by atoms with Crippen molar-refractivity contribution in [2.75, 3.05) is 10.8 Å². The summed E-state index contributed by atoms with van der Waals surface area (Å²) in [6.45, 7) is 1.33. The summed E-state index contributed by atoms with van der Waals surface area (Å²) in [6, 6.07) is 13.0. The molecule has 0 aromatic heterocycles. The molecule has 1 N–H and O–H groups in total. The van der Waals surface area contributed by atoms with Gasteiger partial charge in [0.25, 0.3) is 15.9 Å². The van der Waals surface area contributed by atoms with Crippen LogP contribution in [0.4, 0.5) is 5.69 Å². The number of benzene rings is 2. The van der Waals surface area contributed by atoms with Gasteiger partial charge in [-0.05, 0) is 62.4 Å². The second-order valence-corrected chi connectivity index (χ2v) is 9.25. The highest BCUT2D eigenvalue weighted by Crippen LogP contribution is 2.30. The van der Waals surface area contributed by atoms with Crippen molar-refractivity contribution in [1.82, 2.24) is 5.43 Å². The summed E-state index contributed by atoms with van der Waals surface area (Å²) in [7, 11) is -3.97. The lowest BCUT2D eigenvalue weighted by molar-refractivity contribution is -0.119. The Hall–Kier alpha value is -2.38. The molecule has 2 aromatic carbocycles. The van der Waals surface area contributed by atoms with Crippen LogP contribution in [-0.2, 0) is 14.8 Å². The minimum absolute atomic E-state index is 0.103. The molecule has 0 spiro atoms. The summed E-state index contributed by atoms with van der Waals surface area (Å²) in [4.78, 5) is 12.7. The van der Waals surface area contributed by atoms with Gasteiger partial charge in [0.2, 0.25) is 0 Å². The summed E-state index contributed by atoms with van der Waals surface area (Å²) in [5.41, 5.74) is 4.41. The molecule has 2 aromatic rings. The average molecular weight is 434 g/mol. The number of carbonyl (C=O) groups is 1. The number of nitrogens with zero attached hydrogens (tertiary/aromatic N) is 2. The van der Waals surface area contributed by atoms with Gasteiger partial charge in [-0.2, -0.15) is 5.10 Å². The molecular weight excluding hydrogens is 410 g/mol. The number of hydrazone groups is 1. The fourth-order valence-electron chi connectivity index (χ4n) is 3.26. The van der Waals surface area contributed by atoms with Crippen LogP contribution in [0.25, 0.3) is 0 Å². The fourth-order valence-corrected chi connectivity index (χ4v) is 4.93. The van der Waals surface area contributed by atoms with Crippen molar-refractivity contribution in [3.05, 3.63) is 59.1 Å². The maximum absolute atomic E-state index is 13.3. The van der Waals surface area contributed by atoms with Gasteiger partial charge in [-0.1, -0.05) is 42.3 Å². The highest BCUT2D eigenvalue weighted by molar-refractivity contribution is 7.92.